The lowest BCUT2D eigenvalue weighted by Crippen LogP contribution is -2.38. The van der Waals surface area contributed by atoms with Crippen LogP contribution in [0.4, 0.5) is 5.69 Å². The number of morpholine rings is 1. The van der Waals surface area contributed by atoms with E-state index in [2.05, 4.69) is 10.2 Å². The molecule has 0 radical (unpaired) electrons. The molecule has 6 heteroatoms. The van der Waals surface area contributed by atoms with Crippen LogP contribution in [0.3, 0.4) is 0 Å². The molecule has 1 aromatic carbocycles. The van der Waals surface area contributed by atoms with Crippen molar-refractivity contribution in [2.24, 2.45) is 0 Å². The van der Waals surface area contributed by atoms with Crippen molar-refractivity contribution in [2.45, 2.75) is 6.42 Å². The number of nitrogens with zero attached hydrogens (tertiary/aromatic N) is 1. The Morgan fingerprint density at radius 1 is 1.24 bits per heavy atom. The Bertz CT molecular complexity index is 553. The van der Waals surface area contributed by atoms with Gasteiger partial charge in [0.1, 0.15) is 12.4 Å². The molecule has 6 nitrogen and oxygen atoms in total. The largest absolute Gasteiger partial charge is 0.492 e. The molecule has 0 spiro atoms. The predicted octanol–water partition coefficient (Wildman–Crippen LogP) is 0.461. The van der Waals surface area contributed by atoms with Crippen molar-refractivity contribution in [3.8, 4) is 5.75 Å². The summed E-state index contributed by atoms with van der Waals surface area (Å²) in [6, 6.07) is 5.44. The monoisotopic (exact) mass is 290 g/mol. The number of nitrogens with one attached hydrogen (secondary N) is 1. The number of anilines is 1. The van der Waals surface area contributed by atoms with E-state index >= 15 is 0 Å². The average molecular weight is 290 g/mol. The highest BCUT2D eigenvalue weighted by Gasteiger charge is 2.23. The van der Waals surface area contributed by atoms with E-state index in [4.69, 9.17) is 9.47 Å². The molecule has 0 atom stereocenters. The lowest BCUT2D eigenvalue weighted by molar-refractivity contribution is -0.134. The van der Waals surface area contributed by atoms with Gasteiger partial charge in [-0.1, -0.05) is 6.07 Å². The minimum atomic E-state index is -0.548. The van der Waals surface area contributed by atoms with Gasteiger partial charge in [0.25, 0.3) is 5.91 Å². The zero-order valence-corrected chi connectivity index (χ0v) is 11.8. The molecule has 0 saturated carbocycles. The second-order valence-corrected chi connectivity index (χ2v) is 5.18. The van der Waals surface area contributed by atoms with Crippen molar-refractivity contribution < 1.29 is 19.1 Å². The number of carbonyl (C=O) groups is 2. The molecular formula is C15H18N2O4. The molecule has 1 saturated heterocycles. The number of rotatable bonds is 4. The molecular weight excluding hydrogens is 272 g/mol. The number of hydrogen-bond donors (Lipinski definition) is 1. The Hall–Kier alpha value is -1.92. The molecule has 112 valence electrons. The van der Waals surface area contributed by atoms with Gasteiger partial charge in [-0.25, -0.2) is 0 Å². The maximum Gasteiger partial charge on any atom is 0.292 e. The number of fused-ring (bicyclic) bond motifs is 1. The summed E-state index contributed by atoms with van der Waals surface area (Å²) in [4.78, 5) is 25.0. The molecule has 2 heterocycles. The van der Waals surface area contributed by atoms with E-state index in [1.54, 1.807) is 6.07 Å². The van der Waals surface area contributed by atoms with Crippen LogP contribution >= 0.6 is 0 Å². The third-order valence-electron chi connectivity index (χ3n) is 3.71. The highest BCUT2D eigenvalue weighted by atomic mass is 16.5. The third kappa shape index (κ3) is 3.40. The zero-order valence-electron chi connectivity index (χ0n) is 11.8. The van der Waals surface area contributed by atoms with Crippen LogP contribution in [0.1, 0.15) is 5.56 Å². The molecule has 0 bridgehead atoms. The van der Waals surface area contributed by atoms with Gasteiger partial charge in [0.15, 0.2) is 0 Å². The quantitative estimate of drug-likeness (QED) is 0.816. The van der Waals surface area contributed by atoms with Crippen molar-refractivity contribution >= 4 is 17.4 Å². The number of hydrogen-bond acceptors (Lipinski definition) is 5. The summed E-state index contributed by atoms with van der Waals surface area (Å²) in [6.45, 7) is 4.87. The van der Waals surface area contributed by atoms with E-state index in [0.717, 1.165) is 38.4 Å². The summed E-state index contributed by atoms with van der Waals surface area (Å²) in [7, 11) is 0. The van der Waals surface area contributed by atoms with Gasteiger partial charge in [0.05, 0.1) is 13.2 Å². The number of amides is 1. The Kier molecular flexibility index (Phi) is 4.17. The third-order valence-corrected chi connectivity index (χ3v) is 3.71. The zero-order chi connectivity index (χ0) is 14.7. The van der Waals surface area contributed by atoms with Gasteiger partial charge < -0.3 is 14.8 Å². The van der Waals surface area contributed by atoms with Gasteiger partial charge >= 0.3 is 0 Å². The van der Waals surface area contributed by atoms with Gasteiger partial charge in [-0.2, -0.15) is 0 Å². The summed E-state index contributed by atoms with van der Waals surface area (Å²) < 4.78 is 11.0. The van der Waals surface area contributed by atoms with Crippen molar-refractivity contribution in [2.75, 3.05) is 44.8 Å². The molecule has 21 heavy (non-hydrogen) atoms. The Labute approximate surface area is 123 Å². The van der Waals surface area contributed by atoms with E-state index in [9.17, 15) is 9.59 Å². The fraction of sp³-hybridized carbons (Fsp3) is 0.467. The summed E-state index contributed by atoms with van der Waals surface area (Å²) in [5, 5.41) is 2.59. The Morgan fingerprint density at radius 2 is 2.05 bits per heavy atom. The van der Waals surface area contributed by atoms with Gasteiger partial charge in [-0.15, -0.1) is 0 Å². The van der Waals surface area contributed by atoms with Crippen LogP contribution in [0, 0.1) is 0 Å². The smallest absolute Gasteiger partial charge is 0.292 e. The molecule has 2 aliphatic heterocycles. The molecule has 0 aliphatic carbocycles. The topological polar surface area (TPSA) is 67.9 Å². The Morgan fingerprint density at radius 3 is 2.86 bits per heavy atom. The van der Waals surface area contributed by atoms with Gasteiger partial charge in [0, 0.05) is 37.8 Å². The first-order chi connectivity index (χ1) is 10.2. The molecule has 3 rings (SSSR count). The number of Topliss-reactive ketones (excluding diaryl/α,β-unsaturated/α-hetero) is 1. The van der Waals surface area contributed by atoms with Crippen LogP contribution in [0.15, 0.2) is 18.2 Å². The summed E-state index contributed by atoms with van der Waals surface area (Å²) in [5.74, 6) is -0.242. The summed E-state index contributed by atoms with van der Waals surface area (Å²) in [5.41, 5.74) is 1.50. The van der Waals surface area contributed by atoms with Crippen LogP contribution in [0.2, 0.25) is 0 Å². The standard InChI is InChI=1S/C15H18N2O4/c18-14-9-11-1-2-12(10-13(11)16-15(14)19)21-8-5-17-3-6-20-7-4-17/h1-2,10H,3-9H2,(H,16,19). The number of benzene rings is 1. The van der Waals surface area contributed by atoms with E-state index in [1.807, 2.05) is 12.1 Å². The molecule has 1 fully saturated rings. The fourth-order valence-electron chi connectivity index (χ4n) is 2.48. The molecule has 1 N–H and O–H groups in total. The first-order valence-corrected chi connectivity index (χ1v) is 7.12. The second kappa shape index (κ2) is 6.24. The SMILES string of the molecule is O=C1Cc2ccc(OCCN3CCOCC3)cc2NC1=O. The van der Waals surface area contributed by atoms with Crippen molar-refractivity contribution in [3.63, 3.8) is 0 Å². The van der Waals surface area contributed by atoms with E-state index in [1.165, 1.54) is 0 Å². The van der Waals surface area contributed by atoms with Crippen molar-refractivity contribution in [1.82, 2.24) is 4.90 Å². The highest BCUT2D eigenvalue weighted by molar-refractivity contribution is 6.42. The van der Waals surface area contributed by atoms with E-state index in [0.29, 0.717) is 18.0 Å². The van der Waals surface area contributed by atoms with Gasteiger partial charge in [-0.3, -0.25) is 14.5 Å². The van der Waals surface area contributed by atoms with Crippen LogP contribution in [-0.4, -0.2) is 56.0 Å². The predicted molar refractivity (Wildman–Crippen MR) is 76.5 cm³/mol. The van der Waals surface area contributed by atoms with Crippen molar-refractivity contribution in [1.29, 1.82) is 0 Å². The average Bonchev–Trinajstić information content (AvgIpc) is 2.50. The number of ether oxygens (including phenoxy) is 2. The molecule has 2 aliphatic rings. The fourth-order valence-corrected chi connectivity index (χ4v) is 2.48. The second-order valence-electron chi connectivity index (χ2n) is 5.18. The van der Waals surface area contributed by atoms with Crippen molar-refractivity contribution in [3.05, 3.63) is 23.8 Å². The van der Waals surface area contributed by atoms with Crippen LogP contribution in [0.5, 0.6) is 5.75 Å². The van der Waals surface area contributed by atoms with E-state index in [-0.39, 0.29) is 6.42 Å². The minimum Gasteiger partial charge on any atom is -0.492 e. The molecule has 0 aromatic heterocycles. The van der Waals surface area contributed by atoms with Crippen LogP contribution < -0.4 is 10.1 Å². The molecule has 1 amide bonds. The normalized spacial score (nSPS) is 19.0. The first-order valence-electron chi connectivity index (χ1n) is 7.12. The first kappa shape index (κ1) is 14.0. The lowest BCUT2D eigenvalue weighted by atomic mass is 10.0. The summed E-state index contributed by atoms with van der Waals surface area (Å²) >= 11 is 0. The number of ketones is 1. The number of carbonyl (C=O) groups excluding carboxylic acids is 2. The lowest BCUT2D eigenvalue weighted by Gasteiger charge is -2.26. The minimum absolute atomic E-state index is 0.162. The van der Waals surface area contributed by atoms with Crippen LogP contribution in [-0.2, 0) is 20.7 Å². The molecule has 1 aromatic rings. The van der Waals surface area contributed by atoms with E-state index < -0.39 is 11.7 Å². The van der Waals surface area contributed by atoms with Gasteiger partial charge in [0.2, 0.25) is 5.78 Å². The summed E-state index contributed by atoms with van der Waals surface area (Å²) in [6.07, 6.45) is 0.162. The van der Waals surface area contributed by atoms with Gasteiger partial charge in [-0.05, 0) is 11.6 Å². The maximum absolute atomic E-state index is 11.4. The highest BCUT2D eigenvalue weighted by Crippen LogP contribution is 2.26. The van der Waals surface area contributed by atoms with Crippen LogP contribution in [0.25, 0.3) is 0 Å². The molecule has 0 unspecified atom stereocenters. The maximum atomic E-state index is 11.4. The Balaban J connectivity index is 1.55.